The molecule has 19 heavy (non-hydrogen) atoms. The van der Waals surface area contributed by atoms with E-state index in [4.69, 9.17) is 0 Å². The maximum atomic E-state index is 3.08. The molecule has 0 bridgehead atoms. The largest absolute Gasteiger partial charge is 2.00 e. The van der Waals surface area contributed by atoms with Gasteiger partial charge in [0, 0.05) is 0 Å². The van der Waals surface area contributed by atoms with Crippen LogP contribution >= 0.6 is 22.7 Å². The Kier molecular flexibility index (Phi) is 5.54. The molecule has 0 spiro atoms. The molecule has 0 aliphatic rings. The molecule has 2 aromatic heterocycles. The predicted molar refractivity (Wildman–Crippen MR) is 81.3 cm³/mol. The summed E-state index contributed by atoms with van der Waals surface area (Å²) in [6.07, 6.45) is 0. The molecular weight excluding hydrogens is 369 g/mol. The van der Waals surface area contributed by atoms with Crippen LogP contribution in [-0.2, 0) is 27.3 Å². The van der Waals surface area contributed by atoms with Crippen LogP contribution in [0.2, 0.25) is 0 Å². The summed E-state index contributed by atoms with van der Waals surface area (Å²) < 4.78 is 2.63. The van der Waals surface area contributed by atoms with Gasteiger partial charge in [-0.1, -0.05) is 24.3 Å². The Morgan fingerprint density at radius 3 is 1.47 bits per heavy atom. The average molecular weight is 379 g/mol. The maximum absolute atomic E-state index is 3.08. The second-order valence-corrected chi connectivity index (χ2v) is 5.56. The minimum atomic E-state index is 0. The third-order valence-corrected chi connectivity index (χ3v) is 4.26. The van der Waals surface area contributed by atoms with Gasteiger partial charge < -0.3 is 0 Å². The zero-order valence-electron chi connectivity index (χ0n) is 10.3. The van der Waals surface area contributed by atoms with Gasteiger partial charge in [-0.15, -0.1) is 44.4 Å². The Bertz CT molecular complexity index is 629. The fourth-order valence-corrected chi connectivity index (χ4v) is 3.11. The third-order valence-electron chi connectivity index (χ3n) is 2.60. The zero-order valence-corrected chi connectivity index (χ0v) is 16.0. The molecular formula is C16H10CdS2. The molecule has 3 heteroatoms. The Balaban J connectivity index is 0.000000133. The monoisotopic (exact) mass is 380 g/mol. The molecule has 0 saturated carbocycles. The van der Waals surface area contributed by atoms with Crippen LogP contribution in [0.15, 0.2) is 60.7 Å². The molecule has 0 aliphatic heterocycles. The molecule has 0 radical (unpaired) electrons. The van der Waals surface area contributed by atoms with E-state index in [0.29, 0.717) is 0 Å². The standard InChI is InChI=1S/2C8H5S.Cd/c2*1-2-4-8-7(3-1)5-6-9-8;/h2*1-5H;/q2*-1;+2. The van der Waals surface area contributed by atoms with E-state index in [1.165, 1.54) is 20.2 Å². The first-order chi connectivity index (χ1) is 8.93. The van der Waals surface area contributed by atoms with Crippen molar-refractivity contribution in [3.05, 3.63) is 71.4 Å². The van der Waals surface area contributed by atoms with Crippen molar-refractivity contribution in [1.82, 2.24) is 0 Å². The van der Waals surface area contributed by atoms with Crippen molar-refractivity contribution in [3.63, 3.8) is 0 Å². The normalized spacial score (nSPS) is 9.68. The van der Waals surface area contributed by atoms with Crippen LogP contribution in [0.4, 0.5) is 0 Å². The van der Waals surface area contributed by atoms with Gasteiger partial charge in [0.15, 0.2) is 0 Å². The van der Waals surface area contributed by atoms with Gasteiger partial charge in [-0.3, -0.25) is 22.7 Å². The van der Waals surface area contributed by atoms with E-state index in [0.717, 1.165) is 0 Å². The Hall–Kier alpha value is -0.718. The van der Waals surface area contributed by atoms with Crippen LogP contribution < -0.4 is 0 Å². The van der Waals surface area contributed by atoms with Gasteiger partial charge in [0.1, 0.15) is 0 Å². The number of rotatable bonds is 0. The predicted octanol–water partition coefficient (Wildman–Crippen LogP) is 5.40. The van der Waals surface area contributed by atoms with E-state index < -0.39 is 0 Å². The molecule has 4 aromatic rings. The van der Waals surface area contributed by atoms with Crippen LogP contribution in [0.5, 0.6) is 0 Å². The van der Waals surface area contributed by atoms with Crippen LogP contribution in [0.3, 0.4) is 0 Å². The van der Waals surface area contributed by atoms with Gasteiger partial charge in [-0.2, -0.15) is 22.9 Å². The Morgan fingerprint density at radius 2 is 1.05 bits per heavy atom. The molecule has 0 N–H and O–H groups in total. The fraction of sp³-hybridized carbons (Fsp3) is 0. The Morgan fingerprint density at radius 1 is 0.632 bits per heavy atom. The zero-order chi connectivity index (χ0) is 12.2. The summed E-state index contributed by atoms with van der Waals surface area (Å²) in [6.45, 7) is 0. The van der Waals surface area contributed by atoms with Crippen molar-refractivity contribution in [2.45, 2.75) is 0 Å². The summed E-state index contributed by atoms with van der Waals surface area (Å²) in [5.74, 6) is 0. The number of hydrogen-bond acceptors (Lipinski definition) is 2. The van der Waals surface area contributed by atoms with Crippen LogP contribution in [0.1, 0.15) is 0 Å². The summed E-state index contributed by atoms with van der Waals surface area (Å²) in [6, 6.07) is 20.6. The van der Waals surface area contributed by atoms with Crippen molar-refractivity contribution in [1.29, 1.82) is 0 Å². The van der Waals surface area contributed by atoms with Crippen molar-refractivity contribution >= 4 is 42.8 Å². The average Bonchev–Trinajstić information content (AvgIpc) is 3.08. The third kappa shape index (κ3) is 3.64. The summed E-state index contributed by atoms with van der Waals surface area (Å²) in [7, 11) is 0. The van der Waals surface area contributed by atoms with Gasteiger partial charge in [0.2, 0.25) is 0 Å². The molecule has 0 aliphatic carbocycles. The fourth-order valence-electron chi connectivity index (χ4n) is 1.70. The van der Waals surface area contributed by atoms with E-state index >= 15 is 0 Å². The van der Waals surface area contributed by atoms with Crippen LogP contribution in [-0.4, -0.2) is 0 Å². The number of benzene rings is 2. The van der Waals surface area contributed by atoms with Crippen molar-refractivity contribution in [3.8, 4) is 0 Å². The van der Waals surface area contributed by atoms with Crippen molar-refractivity contribution < 1.29 is 27.3 Å². The SMILES string of the molecule is [Cd+2].[c-]1cc2ccccc2s1.[c-]1cc2ccccc2s1. The van der Waals surface area contributed by atoms with E-state index in [1.54, 1.807) is 22.7 Å². The van der Waals surface area contributed by atoms with E-state index in [-0.39, 0.29) is 27.3 Å². The molecule has 0 nitrogen and oxygen atoms in total. The molecule has 88 valence electrons. The summed E-state index contributed by atoms with van der Waals surface area (Å²) >= 11 is 3.32. The molecule has 2 heterocycles. The number of hydrogen-bond donors (Lipinski definition) is 0. The summed E-state index contributed by atoms with van der Waals surface area (Å²) in [5.41, 5.74) is 0. The minimum Gasteiger partial charge on any atom is -0.296 e. The minimum absolute atomic E-state index is 0. The van der Waals surface area contributed by atoms with E-state index in [9.17, 15) is 0 Å². The molecule has 0 unspecified atom stereocenters. The van der Waals surface area contributed by atoms with Gasteiger partial charge >= 0.3 is 27.3 Å². The van der Waals surface area contributed by atoms with Gasteiger partial charge in [0.05, 0.1) is 0 Å². The number of fused-ring (bicyclic) bond motifs is 2. The molecule has 0 fully saturated rings. The summed E-state index contributed by atoms with van der Waals surface area (Å²) in [4.78, 5) is 0. The smallest absolute Gasteiger partial charge is 0.296 e. The first kappa shape index (κ1) is 14.7. The first-order valence-corrected chi connectivity index (χ1v) is 7.26. The number of thiophene rings is 2. The summed E-state index contributed by atoms with van der Waals surface area (Å²) in [5, 5.41) is 8.75. The van der Waals surface area contributed by atoms with Crippen LogP contribution in [0.25, 0.3) is 20.2 Å². The second kappa shape index (κ2) is 7.17. The van der Waals surface area contributed by atoms with Crippen molar-refractivity contribution in [2.75, 3.05) is 0 Å². The molecule has 2 aromatic carbocycles. The first-order valence-electron chi connectivity index (χ1n) is 5.63. The van der Waals surface area contributed by atoms with Gasteiger partial charge in [-0.05, 0) is 0 Å². The van der Waals surface area contributed by atoms with E-state index in [1.807, 2.05) is 36.4 Å². The molecule has 0 saturated heterocycles. The van der Waals surface area contributed by atoms with E-state index in [2.05, 4.69) is 35.0 Å². The topological polar surface area (TPSA) is 0 Å². The second-order valence-electron chi connectivity index (χ2n) is 3.80. The molecule has 4 rings (SSSR count). The molecule has 0 amide bonds. The molecule has 0 atom stereocenters. The van der Waals surface area contributed by atoms with Gasteiger partial charge in [-0.25, -0.2) is 0 Å². The van der Waals surface area contributed by atoms with Gasteiger partial charge in [0.25, 0.3) is 0 Å². The van der Waals surface area contributed by atoms with Crippen LogP contribution in [0, 0.1) is 10.8 Å². The van der Waals surface area contributed by atoms with Crippen molar-refractivity contribution in [2.24, 2.45) is 0 Å². The maximum Gasteiger partial charge on any atom is 2.00 e. The quantitative estimate of drug-likeness (QED) is 0.284. The Labute approximate surface area is 140 Å².